The van der Waals surface area contributed by atoms with E-state index in [-0.39, 0.29) is 11.1 Å². The second-order valence-corrected chi connectivity index (χ2v) is 7.96. The van der Waals surface area contributed by atoms with Gasteiger partial charge >= 0.3 is 0 Å². The van der Waals surface area contributed by atoms with Crippen LogP contribution in [-0.4, -0.2) is 30.1 Å². The van der Waals surface area contributed by atoms with Gasteiger partial charge in [-0.2, -0.15) is 0 Å². The number of fused-ring (bicyclic) bond motifs is 2. The minimum atomic E-state index is -0.606. The molecule has 1 aliphatic heterocycles. The van der Waals surface area contributed by atoms with E-state index >= 15 is 0 Å². The molecule has 4 aromatic rings. The normalized spacial score (nSPS) is 13.8. The van der Waals surface area contributed by atoms with Crippen LogP contribution in [0.2, 0.25) is 0 Å². The maximum atomic E-state index is 14.6. The van der Waals surface area contributed by atoms with Crippen molar-refractivity contribution < 1.29 is 9.18 Å². The lowest BCUT2D eigenvalue weighted by atomic mass is 10.1. The van der Waals surface area contributed by atoms with Gasteiger partial charge in [0, 0.05) is 36.4 Å². The van der Waals surface area contributed by atoms with E-state index < -0.39 is 17.3 Å². The lowest BCUT2D eigenvalue weighted by molar-refractivity contribution is 0.102. The number of benzene rings is 1. The van der Waals surface area contributed by atoms with E-state index in [9.17, 15) is 14.0 Å². The zero-order valence-corrected chi connectivity index (χ0v) is 16.7. The molecule has 1 N–H and O–H groups in total. The number of aryl methyl sites for hydroxylation is 1. The third-order valence-electron chi connectivity index (χ3n) is 5.16. The Balaban J connectivity index is 1.48. The van der Waals surface area contributed by atoms with Crippen molar-refractivity contribution >= 4 is 27.9 Å². The van der Waals surface area contributed by atoms with Gasteiger partial charge in [0.15, 0.2) is 10.8 Å². The lowest BCUT2D eigenvalue weighted by Crippen LogP contribution is -2.25. The summed E-state index contributed by atoms with van der Waals surface area (Å²) in [6.07, 6.45) is 6.75. The molecule has 30 heavy (non-hydrogen) atoms. The van der Waals surface area contributed by atoms with Gasteiger partial charge in [-0.05, 0) is 31.0 Å². The summed E-state index contributed by atoms with van der Waals surface area (Å²) in [6.45, 7) is 0.733. The van der Waals surface area contributed by atoms with Crippen LogP contribution in [0.1, 0.15) is 35.4 Å². The number of aromatic nitrogens is 5. The van der Waals surface area contributed by atoms with E-state index in [0.717, 1.165) is 38.1 Å². The summed E-state index contributed by atoms with van der Waals surface area (Å²) in [5.41, 5.74) is 0.0748. The molecular weight excluding hydrogens is 407 g/mol. The third-order valence-corrected chi connectivity index (χ3v) is 5.93. The Hall–Kier alpha value is -3.40. The summed E-state index contributed by atoms with van der Waals surface area (Å²) >= 11 is 1.30. The topological polar surface area (TPSA) is 94.2 Å². The smallest absolute Gasteiger partial charge is 0.271 e. The summed E-state index contributed by atoms with van der Waals surface area (Å²) < 4.78 is 17.9. The summed E-state index contributed by atoms with van der Waals surface area (Å²) in [4.78, 5) is 29.8. The third kappa shape index (κ3) is 3.18. The van der Waals surface area contributed by atoms with Crippen LogP contribution in [-0.2, 0) is 13.0 Å². The van der Waals surface area contributed by atoms with Gasteiger partial charge in [0.1, 0.15) is 17.2 Å². The summed E-state index contributed by atoms with van der Waals surface area (Å²) in [5.74, 6) is 0.237. The Morgan fingerprint density at radius 1 is 1.20 bits per heavy atom. The number of carbonyl (C=O) groups is 1. The highest BCUT2D eigenvalue weighted by Gasteiger charge is 2.20. The Bertz CT molecular complexity index is 1320. The van der Waals surface area contributed by atoms with Gasteiger partial charge < -0.3 is 9.88 Å². The van der Waals surface area contributed by atoms with Crippen LogP contribution in [0, 0.1) is 5.82 Å². The first-order chi connectivity index (χ1) is 14.6. The maximum Gasteiger partial charge on any atom is 0.271 e. The van der Waals surface area contributed by atoms with Gasteiger partial charge in [-0.15, -0.1) is 21.5 Å². The summed E-state index contributed by atoms with van der Waals surface area (Å²) in [5, 5.41) is 12.8. The molecule has 1 amide bonds. The quantitative estimate of drug-likeness (QED) is 0.545. The largest absolute Gasteiger partial charge is 0.322 e. The Morgan fingerprint density at radius 2 is 2.10 bits per heavy atom. The number of amides is 1. The molecule has 0 atom stereocenters. The average molecular weight is 424 g/mol. The number of halogens is 1. The second kappa shape index (κ2) is 7.45. The van der Waals surface area contributed by atoms with E-state index in [2.05, 4.69) is 20.5 Å². The number of hydrogen-bond donors (Lipinski definition) is 1. The van der Waals surface area contributed by atoms with Gasteiger partial charge in [0.25, 0.3) is 11.5 Å². The Labute approximate surface area is 174 Å². The van der Waals surface area contributed by atoms with Crippen LogP contribution in [0.25, 0.3) is 16.3 Å². The predicted octanol–water partition coefficient (Wildman–Crippen LogP) is 3.13. The van der Waals surface area contributed by atoms with Crippen molar-refractivity contribution in [3.63, 3.8) is 0 Å². The lowest BCUT2D eigenvalue weighted by Gasteiger charge is -2.10. The van der Waals surface area contributed by atoms with Crippen LogP contribution in [0.4, 0.5) is 10.1 Å². The fraction of sp³-hybridized carbons (Fsp3) is 0.250. The second-order valence-electron chi connectivity index (χ2n) is 7.08. The van der Waals surface area contributed by atoms with Gasteiger partial charge in [-0.1, -0.05) is 6.42 Å². The average Bonchev–Trinajstić information content (AvgIpc) is 3.31. The molecule has 1 aliphatic rings. The minimum absolute atomic E-state index is 0.0897. The molecule has 0 spiro atoms. The van der Waals surface area contributed by atoms with Crippen LogP contribution in [0.3, 0.4) is 0 Å². The number of nitrogens with one attached hydrogen (secondary N) is 1. The molecular formula is C20H17FN6O2S. The minimum Gasteiger partial charge on any atom is -0.322 e. The van der Waals surface area contributed by atoms with Crippen molar-refractivity contribution in [1.29, 1.82) is 0 Å². The number of rotatable bonds is 3. The molecule has 0 saturated carbocycles. The van der Waals surface area contributed by atoms with Crippen molar-refractivity contribution in [1.82, 2.24) is 24.1 Å². The first-order valence-electron chi connectivity index (χ1n) is 9.60. The fourth-order valence-electron chi connectivity index (χ4n) is 3.64. The van der Waals surface area contributed by atoms with E-state index in [1.165, 1.54) is 40.1 Å². The van der Waals surface area contributed by atoms with E-state index in [0.29, 0.717) is 16.5 Å². The zero-order valence-electron chi connectivity index (χ0n) is 15.8. The zero-order chi connectivity index (χ0) is 20.7. The monoisotopic (exact) mass is 424 g/mol. The van der Waals surface area contributed by atoms with Crippen LogP contribution in [0.15, 0.2) is 40.8 Å². The highest BCUT2D eigenvalue weighted by molar-refractivity contribution is 7.15. The van der Waals surface area contributed by atoms with Crippen LogP contribution in [0.5, 0.6) is 0 Å². The number of hydrogen-bond acceptors (Lipinski definition) is 6. The molecule has 0 saturated heterocycles. The molecule has 0 radical (unpaired) electrons. The maximum absolute atomic E-state index is 14.6. The molecule has 8 nitrogen and oxygen atoms in total. The van der Waals surface area contributed by atoms with Crippen molar-refractivity contribution in [3.8, 4) is 11.4 Å². The van der Waals surface area contributed by atoms with Gasteiger partial charge in [-0.3, -0.25) is 14.0 Å². The van der Waals surface area contributed by atoms with E-state index in [1.54, 1.807) is 11.6 Å². The molecule has 0 aliphatic carbocycles. The van der Waals surface area contributed by atoms with Crippen molar-refractivity contribution in [2.75, 3.05) is 5.32 Å². The van der Waals surface area contributed by atoms with Crippen molar-refractivity contribution in [2.45, 2.75) is 32.2 Å². The van der Waals surface area contributed by atoms with Crippen LogP contribution < -0.4 is 10.9 Å². The van der Waals surface area contributed by atoms with Gasteiger partial charge in [0.05, 0.1) is 5.56 Å². The van der Waals surface area contributed by atoms with Crippen molar-refractivity contribution in [3.05, 3.63) is 63.5 Å². The van der Waals surface area contributed by atoms with Gasteiger partial charge in [-0.25, -0.2) is 9.37 Å². The SMILES string of the molecule is O=C(Nc1ccc(F)c(-c2nnc3n2CCCCC3)c1)c1cnc2sccn2c1=O. The van der Waals surface area contributed by atoms with E-state index in [1.807, 2.05) is 4.57 Å². The summed E-state index contributed by atoms with van der Waals surface area (Å²) in [7, 11) is 0. The standard InChI is InChI=1S/C20H17FN6O2S/c21-15-6-5-12(10-13(15)17-25-24-16-4-2-1-3-7-26(16)17)23-18(28)14-11-22-20-27(19(14)29)8-9-30-20/h5-6,8-11H,1-4,7H2,(H,23,28). The fourth-order valence-corrected chi connectivity index (χ4v) is 4.31. The number of nitrogens with zero attached hydrogens (tertiary/aromatic N) is 5. The number of anilines is 1. The van der Waals surface area contributed by atoms with E-state index in [4.69, 9.17) is 0 Å². The number of carbonyl (C=O) groups excluding carboxylic acids is 1. The molecule has 4 heterocycles. The molecule has 3 aromatic heterocycles. The Morgan fingerprint density at radius 3 is 3.00 bits per heavy atom. The Kier molecular flexibility index (Phi) is 4.62. The van der Waals surface area contributed by atoms with Crippen LogP contribution >= 0.6 is 11.3 Å². The molecule has 10 heteroatoms. The molecule has 152 valence electrons. The molecule has 1 aromatic carbocycles. The molecule has 5 rings (SSSR count). The first kappa shape index (κ1) is 18.6. The highest BCUT2D eigenvalue weighted by Crippen LogP contribution is 2.27. The summed E-state index contributed by atoms with van der Waals surface area (Å²) in [6, 6.07) is 4.24. The molecule has 0 bridgehead atoms. The van der Waals surface area contributed by atoms with Gasteiger partial charge in [0.2, 0.25) is 0 Å². The van der Waals surface area contributed by atoms with Crippen molar-refractivity contribution in [2.24, 2.45) is 0 Å². The molecule has 0 fully saturated rings. The predicted molar refractivity (Wildman–Crippen MR) is 110 cm³/mol. The molecule has 0 unspecified atom stereocenters. The number of thiazole rings is 1. The first-order valence-corrected chi connectivity index (χ1v) is 10.5. The highest BCUT2D eigenvalue weighted by atomic mass is 32.1.